The second kappa shape index (κ2) is 5.86. The van der Waals surface area contributed by atoms with Gasteiger partial charge < -0.3 is 4.40 Å². The van der Waals surface area contributed by atoms with Crippen LogP contribution in [0, 0.1) is 9.49 Å². The maximum atomic E-state index is 13.3. The number of imidazole rings is 1. The Hall–Kier alpha value is -0.930. The van der Waals surface area contributed by atoms with Crippen LogP contribution < -0.4 is 0 Å². The summed E-state index contributed by atoms with van der Waals surface area (Å²) in [6.07, 6.45) is -2.87. The fraction of sp³-hybridized carbons (Fsp3) is 0.533. The number of halogens is 6. The maximum absolute atomic E-state index is 13.3. The zero-order chi connectivity index (χ0) is 16.8. The second-order valence-electron chi connectivity index (χ2n) is 5.98. The fourth-order valence-electron chi connectivity index (χ4n) is 3.07. The molecule has 0 aliphatic heterocycles. The molecule has 0 unspecified atom stereocenters. The van der Waals surface area contributed by atoms with E-state index in [1.807, 2.05) is 22.6 Å². The third-order valence-electron chi connectivity index (χ3n) is 4.27. The van der Waals surface area contributed by atoms with Gasteiger partial charge in [0.05, 0.1) is 5.69 Å². The Balaban J connectivity index is 1.96. The minimum absolute atomic E-state index is 0.0706. The first kappa shape index (κ1) is 16.9. The smallest absolute Gasteiger partial charge is 0.302 e. The van der Waals surface area contributed by atoms with Crippen LogP contribution in [0.15, 0.2) is 18.3 Å². The molecule has 0 N–H and O–H groups in total. The van der Waals surface area contributed by atoms with Crippen molar-refractivity contribution in [2.75, 3.05) is 0 Å². The summed E-state index contributed by atoms with van der Waals surface area (Å²) in [7, 11) is 0. The van der Waals surface area contributed by atoms with Crippen molar-refractivity contribution in [3.63, 3.8) is 0 Å². The first-order chi connectivity index (χ1) is 10.7. The van der Waals surface area contributed by atoms with Gasteiger partial charge in [-0.15, -0.1) is 0 Å². The third-order valence-corrected chi connectivity index (χ3v) is 4.91. The van der Waals surface area contributed by atoms with Gasteiger partial charge in [0.2, 0.25) is 5.92 Å². The number of hydrogen-bond acceptors (Lipinski definition) is 1. The average Bonchev–Trinajstić information content (AvgIpc) is 2.79. The molecular formula is C15H14F5IN2. The van der Waals surface area contributed by atoms with Crippen molar-refractivity contribution >= 4 is 28.2 Å². The molecule has 2 aromatic heterocycles. The molecular weight excluding hydrogens is 430 g/mol. The van der Waals surface area contributed by atoms with Gasteiger partial charge in [-0.3, -0.25) is 0 Å². The number of alkyl halides is 5. The van der Waals surface area contributed by atoms with Crippen molar-refractivity contribution in [2.24, 2.45) is 5.92 Å². The third kappa shape index (κ3) is 3.61. The lowest BCUT2D eigenvalue weighted by molar-refractivity contribution is -0.141. The van der Waals surface area contributed by atoms with E-state index in [1.165, 1.54) is 10.5 Å². The predicted octanol–water partition coefficient (Wildman–Crippen LogP) is 5.33. The van der Waals surface area contributed by atoms with Gasteiger partial charge in [-0.05, 0) is 59.9 Å². The molecule has 1 aliphatic rings. The number of nitrogens with zero attached hydrogens (tertiary/aromatic N) is 2. The molecule has 8 heteroatoms. The molecule has 1 saturated carbocycles. The topological polar surface area (TPSA) is 17.3 Å². The maximum Gasteiger partial charge on any atom is 0.435 e. The van der Waals surface area contributed by atoms with E-state index in [1.54, 1.807) is 12.3 Å². The lowest BCUT2D eigenvalue weighted by Gasteiger charge is -2.28. The summed E-state index contributed by atoms with van der Waals surface area (Å²) < 4.78 is 68.5. The number of fused-ring (bicyclic) bond motifs is 1. The highest BCUT2D eigenvalue weighted by molar-refractivity contribution is 14.1. The van der Waals surface area contributed by atoms with E-state index in [-0.39, 0.29) is 49.4 Å². The highest BCUT2D eigenvalue weighted by atomic mass is 127. The monoisotopic (exact) mass is 444 g/mol. The van der Waals surface area contributed by atoms with Crippen LogP contribution in [0.3, 0.4) is 0 Å². The molecule has 1 aliphatic carbocycles. The van der Waals surface area contributed by atoms with Crippen LogP contribution in [0.25, 0.3) is 5.65 Å². The van der Waals surface area contributed by atoms with E-state index in [0.717, 1.165) is 3.57 Å². The summed E-state index contributed by atoms with van der Waals surface area (Å²) in [4.78, 5) is 3.71. The molecule has 0 bridgehead atoms. The Morgan fingerprint density at radius 1 is 1.22 bits per heavy atom. The molecule has 0 atom stereocenters. The molecule has 2 nitrogen and oxygen atoms in total. The molecule has 1 fully saturated rings. The number of aromatic nitrogens is 2. The van der Waals surface area contributed by atoms with E-state index in [4.69, 9.17) is 0 Å². The average molecular weight is 444 g/mol. The highest BCUT2D eigenvalue weighted by Gasteiger charge is 2.40. The van der Waals surface area contributed by atoms with Gasteiger partial charge in [-0.25, -0.2) is 13.8 Å². The Morgan fingerprint density at radius 2 is 1.87 bits per heavy atom. The van der Waals surface area contributed by atoms with E-state index in [9.17, 15) is 22.0 Å². The molecule has 0 saturated heterocycles. The Kier molecular flexibility index (Phi) is 4.31. The van der Waals surface area contributed by atoms with E-state index < -0.39 is 17.8 Å². The van der Waals surface area contributed by atoms with Crippen LogP contribution >= 0.6 is 22.6 Å². The minimum atomic E-state index is -4.55. The Bertz CT molecular complexity index is 712. The summed E-state index contributed by atoms with van der Waals surface area (Å²) >= 11 is 2.02. The molecule has 0 spiro atoms. The standard InChI is InChI=1S/C15H14F5IN2/c16-14(17)5-3-9(4-6-14)7-11-13(15(18,19)20)22-12-2-1-10(21)8-23(11)12/h1-2,8-9H,3-7H2. The summed E-state index contributed by atoms with van der Waals surface area (Å²) in [6.45, 7) is 0. The second-order valence-corrected chi connectivity index (χ2v) is 7.23. The molecule has 23 heavy (non-hydrogen) atoms. The van der Waals surface area contributed by atoms with Crippen molar-refractivity contribution in [2.45, 2.75) is 44.2 Å². The molecule has 3 rings (SSSR count). The fourth-order valence-corrected chi connectivity index (χ4v) is 3.53. The van der Waals surface area contributed by atoms with Crippen molar-refractivity contribution in [3.8, 4) is 0 Å². The Morgan fingerprint density at radius 3 is 2.48 bits per heavy atom. The normalized spacial score (nSPS) is 19.4. The first-order valence-corrected chi connectivity index (χ1v) is 8.35. The molecule has 126 valence electrons. The van der Waals surface area contributed by atoms with Crippen LogP contribution in [0.1, 0.15) is 37.1 Å². The number of rotatable bonds is 2. The number of hydrogen-bond donors (Lipinski definition) is 0. The largest absolute Gasteiger partial charge is 0.435 e. The van der Waals surface area contributed by atoms with Crippen LogP contribution in [0.2, 0.25) is 0 Å². The van der Waals surface area contributed by atoms with Crippen molar-refractivity contribution in [1.29, 1.82) is 0 Å². The highest BCUT2D eigenvalue weighted by Crippen LogP contribution is 2.39. The zero-order valence-electron chi connectivity index (χ0n) is 12.0. The molecule has 2 aromatic rings. The molecule has 0 radical (unpaired) electrons. The zero-order valence-corrected chi connectivity index (χ0v) is 14.2. The van der Waals surface area contributed by atoms with Gasteiger partial charge in [0, 0.05) is 22.6 Å². The molecule has 2 heterocycles. The lowest BCUT2D eigenvalue weighted by atomic mass is 9.83. The van der Waals surface area contributed by atoms with Gasteiger partial charge in [0.1, 0.15) is 5.65 Å². The van der Waals surface area contributed by atoms with E-state index in [0.29, 0.717) is 0 Å². The summed E-state index contributed by atoms with van der Waals surface area (Å²) in [6, 6.07) is 3.23. The van der Waals surface area contributed by atoms with Crippen molar-refractivity contribution < 1.29 is 22.0 Å². The van der Waals surface area contributed by atoms with Crippen LogP contribution in [0.4, 0.5) is 22.0 Å². The lowest BCUT2D eigenvalue weighted by Crippen LogP contribution is -2.26. The predicted molar refractivity (Wildman–Crippen MR) is 83.5 cm³/mol. The van der Waals surface area contributed by atoms with Gasteiger partial charge in [-0.2, -0.15) is 13.2 Å². The molecule has 0 aromatic carbocycles. The van der Waals surface area contributed by atoms with E-state index >= 15 is 0 Å². The van der Waals surface area contributed by atoms with Crippen LogP contribution in [-0.4, -0.2) is 15.3 Å². The minimum Gasteiger partial charge on any atom is -0.302 e. The van der Waals surface area contributed by atoms with Gasteiger partial charge in [-0.1, -0.05) is 0 Å². The quantitative estimate of drug-likeness (QED) is 0.453. The molecule has 0 amide bonds. The Labute approximate surface area is 143 Å². The SMILES string of the molecule is FC1(F)CCC(Cc2c(C(F)(F)F)nc3ccc(I)cn23)CC1. The van der Waals surface area contributed by atoms with Gasteiger partial charge in [0.15, 0.2) is 5.69 Å². The van der Waals surface area contributed by atoms with Crippen LogP contribution in [0.5, 0.6) is 0 Å². The van der Waals surface area contributed by atoms with E-state index in [2.05, 4.69) is 4.98 Å². The van der Waals surface area contributed by atoms with Gasteiger partial charge in [0.25, 0.3) is 0 Å². The van der Waals surface area contributed by atoms with Crippen LogP contribution in [-0.2, 0) is 12.6 Å². The number of pyridine rings is 1. The van der Waals surface area contributed by atoms with Gasteiger partial charge >= 0.3 is 6.18 Å². The summed E-state index contributed by atoms with van der Waals surface area (Å²) in [5.74, 6) is -2.86. The van der Waals surface area contributed by atoms with Crippen molar-refractivity contribution in [1.82, 2.24) is 9.38 Å². The summed E-state index contributed by atoms with van der Waals surface area (Å²) in [5, 5.41) is 0. The summed E-state index contributed by atoms with van der Waals surface area (Å²) in [5.41, 5.74) is -0.605. The first-order valence-electron chi connectivity index (χ1n) is 7.27. The van der Waals surface area contributed by atoms with Crippen molar-refractivity contribution in [3.05, 3.63) is 33.3 Å².